The fourth-order valence-corrected chi connectivity index (χ4v) is 2.28. The Morgan fingerprint density at radius 1 is 1.39 bits per heavy atom. The van der Waals surface area contributed by atoms with Crippen molar-refractivity contribution < 1.29 is 9.53 Å². The molecule has 6 heteroatoms. The summed E-state index contributed by atoms with van der Waals surface area (Å²) < 4.78 is 5.19. The largest absolute Gasteiger partial charge is 0.495 e. The van der Waals surface area contributed by atoms with Crippen molar-refractivity contribution in [1.82, 2.24) is 4.90 Å². The van der Waals surface area contributed by atoms with Crippen LogP contribution in [0.3, 0.4) is 0 Å². The number of hydrogen-bond acceptors (Lipinski definition) is 4. The van der Waals surface area contributed by atoms with Gasteiger partial charge in [-0.2, -0.15) is 5.26 Å². The van der Waals surface area contributed by atoms with Crippen molar-refractivity contribution in [3.05, 3.63) is 35.0 Å². The number of rotatable bonds is 8. The summed E-state index contributed by atoms with van der Waals surface area (Å²) in [5, 5.41) is 12.4. The fraction of sp³-hybridized carbons (Fsp3) is 0.412. The number of nitrogens with zero attached hydrogens (tertiary/aromatic N) is 2. The van der Waals surface area contributed by atoms with Crippen LogP contribution in [0.5, 0.6) is 5.75 Å². The number of nitrogens with one attached hydrogen (secondary N) is 1. The lowest BCUT2D eigenvalue weighted by Gasteiger charge is -2.19. The molecule has 0 saturated carbocycles. The van der Waals surface area contributed by atoms with Crippen LogP contribution in [0.4, 0.5) is 5.69 Å². The van der Waals surface area contributed by atoms with Crippen LogP contribution in [-0.4, -0.2) is 31.0 Å². The average molecular weight is 336 g/mol. The molecule has 0 heterocycles. The molecular weight excluding hydrogens is 314 g/mol. The van der Waals surface area contributed by atoms with E-state index in [0.29, 0.717) is 16.5 Å². The van der Waals surface area contributed by atoms with E-state index in [1.165, 1.54) is 7.11 Å². The lowest BCUT2D eigenvalue weighted by Crippen LogP contribution is -2.23. The maximum Gasteiger partial charge on any atom is 0.267 e. The van der Waals surface area contributed by atoms with Crippen molar-refractivity contribution in [2.24, 2.45) is 0 Å². The predicted octanol–water partition coefficient (Wildman–Crippen LogP) is 3.82. The molecule has 0 spiro atoms. The van der Waals surface area contributed by atoms with Crippen LogP contribution in [-0.2, 0) is 4.79 Å². The second-order valence-corrected chi connectivity index (χ2v) is 5.43. The number of amides is 1. The number of ether oxygens (including phenoxy) is 1. The number of nitriles is 1. The van der Waals surface area contributed by atoms with Crippen LogP contribution in [0.25, 0.3) is 0 Å². The number of carbonyl (C=O) groups is 1. The van der Waals surface area contributed by atoms with E-state index in [4.69, 9.17) is 16.3 Å². The highest BCUT2D eigenvalue weighted by Gasteiger charge is 2.14. The second-order valence-electron chi connectivity index (χ2n) is 4.99. The van der Waals surface area contributed by atoms with Gasteiger partial charge in [0.1, 0.15) is 17.4 Å². The van der Waals surface area contributed by atoms with Crippen LogP contribution in [0.15, 0.2) is 30.0 Å². The molecule has 0 bridgehead atoms. The summed E-state index contributed by atoms with van der Waals surface area (Å²) in [6.45, 7) is 5.71. The second kappa shape index (κ2) is 9.75. The highest BCUT2D eigenvalue weighted by Crippen LogP contribution is 2.28. The Morgan fingerprint density at radius 2 is 2.04 bits per heavy atom. The first kappa shape index (κ1) is 18.9. The molecule has 124 valence electrons. The molecule has 0 saturated heterocycles. The molecule has 1 aromatic carbocycles. The van der Waals surface area contributed by atoms with Crippen molar-refractivity contribution >= 4 is 23.2 Å². The Balaban J connectivity index is 2.97. The molecule has 1 amide bonds. The van der Waals surface area contributed by atoms with Crippen LogP contribution in [0.2, 0.25) is 5.02 Å². The maximum absolute atomic E-state index is 12.3. The van der Waals surface area contributed by atoms with E-state index in [9.17, 15) is 10.1 Å². The normalized spacial score (nSPS) is 10.8. The standard InChI is InChI=1S/C17H22ClN3O2/c1-4-8-21(9-5-2)12-13(11-19)17(22)20-15-10-14(18)6-7-16(15)23-3/h6-7,10,12H,4-5,8-9H2,1-3H3,(H,20,22)/b13-12-. The molecule has 5 nitrogen and oxygen atoms in total. The molecule has 0 fully saturated rings. The van der Waals surface area contributed by atoms with Gasteiger partial charge in [0.25, 0.3) is 5.91 Å². The van der Waals surface area contributed by atoms with Crippen molar-refractivity contribution in [3.8, 4) is 11.8 Å². The quantitative estimate of drug-likeness (QED) is 0.579. The molecular formula is C17H22ClN3O2. The first-order valence-corrected chi connectivity index (χ1v) is 7.94. The zero-order valence-electron chi connectivity index (χ0n) is 13.7. The van der Waals surface area contributed by atoms with Crippen molar-refractivity contribution in [3.63, 3.8) is 0 Å². The van der Waals surface area contributed by atoms with Gasteiger partial charge in [-0.05, 0) is 31.0 Å². The zero-order chi connectivity index (χ0) is 17.2. The minimum Gasteiger partial charge on any atom is -0.495 e. The Labute approximate surface area is 142 Å². The third kappa shape index (κ3) is 5.84. The van der Waals surface area contributed by atoms with E-state index >= 15 is 0 Å². The summed E-state index contributed by atoms with van der Waals surface area (Å²) in [6.07, 6.45) is 3.50. The SMILES string of the molecule is CCCN(/C=C(/C#N)C(=O)Nc1cc(Cl)ccc1OC)CCC. The molecule has 1 N–H and O–H groups in total. The van der Waals surface area contributed by atoms with Gasteiger partial charge in [0.05, 0.1) is 12.8 Å². The van der Waals surface area contributed by atoms with Gasteiger partial charge in [-0.3, -0.25) is 4.79 Å². The first-order valence-electron chi connectivity index (χ1n) is 7.56. The average Bonchev–Trinajstić information content (AvgIpc) is 2.53. The number of methoxy groups -OCH3 is 1. The molecule has 1 aromatic rings. The van der Waals surface area contributed by atoms with E-state index in [2.05, 4.69) is 19.2 Å². The lowest BCUT2D eigenvalue weighted by molar-refractivity contribution is -0.112. The van der Waals surface area contributed by atoms with Gasteiger partial charge in [0.2, 0.25) is 0 Å². The Hall–Kier alpha value is -2.19. The third-order valence-corrected chi connectivity index (χ3v) is 3.34. The minimum atomic E-state index is -0.481. The zero-order valence-corrected chi connectivity index (χ0v) is 14.5. The van der Waals surface area contributed by atoms with Crippen LogP contribution in [0, 0.1) is 11.3 Å². The van der Waals surface area contributed by atoms with Crippen molar-refractivity contribution in [1.29, 1.82) is 5.26 Å². The Kier molecular flexibility index (Phi) is 8.00. The molecule has 0 radical (unpaired) electrons. The van der Waals surface area contributed by atoms with E-state index < -0.39 is 5.91 Å². The van der Waals surface area contributed by atoms with E-state index in [1.807, 2.05) is 11.0 Å². The first-order chi connectivity index (χ1) is 11.0. The molecule has 0 aliphatic rings. The number of hydrogen-bond donors (Lipinski definition) is 1. The van der Waals surface area contributed by atoms with Crippen LogP contribution >= 0.6 is 11.6 Å². The highest BCUT2D eigenvalue weighted by molar-refractivity contribution is 6.31. The van der Waals surface area contributed by atoms with E-state index in [-0.39, 0.29) is 5.57 Å². The molecule has 0 unspecified atom stereocenters. The fourth-order valence-electron chi connectivity index (χ4n) is 2.10. The van der Waals surface area contributed by atoms with Gasteiger partial charge in [0, 0.05) is 24.3 Å². The Bertz CT molecular complexity index is 602. The topological polar surface area (TPSA) is 65.4 Å². The number of halogens is 1. The highest BCUT2D eigenvalue weighted by atomic mass is 35.5. The summed E-state index contributed by atoms with van der Waals surface area (Å²) in [4.78, 5) is 14.3. The van der Waals surface area contributed by atoms with Crippen LogP contribution < -0.4 is 10.1 Å². The van der Waals surface area contributed by atoms with Crippen molar-refractivity contribution in [2.75, 3.05) is 25.5 Å². The molecule has 23 heavy (non-hydrogen) atoms. The molecule has 0 aliphatic heterocycles. The van der Waals surface area contributed by atoms with Gasteiger partial charge in [-0.1, -0.05) is 25.4 Å². The van der Waals surface area contributed by atoms with E-state index in [1.54, 1.807) is 24.4 Å². The van der Waals surface area contributed by atoms with E-state index in [0.717, 1.165) is 25.9 Å². The van der Waals surface area contributed by atoms with Gasteiger partial charge in [0.15, 0.2) is 0 Å². The molecule has 0 aliphatic carbocycles. The summed E-state index contributed by atoms with van der Waals surface area (Å²) >= 11 is 5.94. The minimum absolute atomic E-state index is 0.0499. The van der Waals surface area contributed by atoms with Gasteiger partial charge < -0.3 is 15.0 Å². The van der Waals surface area contributed by atoms with Crippen molar-refractivity contribution in [2.45, 2.75) is 26.7 Å². The number of anilines is 1. The maximum atomic E-state index is 12.3. The predicted molar refractivity (Wildman–Crippen MR) is 92.5 cm³/mol. The van der Waals surface area contributed by atoms with Gasteiger partial charge in [-0.15, -0.1) is 0 Å². The Morgan fingerprint density at radius 3 is 2.57 bits per heavy atom. The monoisotopic (exact) mass is 335 g/mol. The van der Waals surface area contributed by atoms with Gasteiger partial charge >= 0.3 is 0 Å². The smallest absolute Gasteiger partial charge is 0.267 e. The van der Waals surface area contributed by atoms with Gasteiger partial charge in [-0.25, -0.2) is 0 Å². The summed E-state index contributed by atoms with van der Waals surface area (Å²) in [7, 11) is 1.50. The summed E-state index contributed by atoms with van der Waals surface area (Å²) in [6, 6.07) is 6.87. The van der Waals surface area contributed by atoms with Crippen LogP contribution in [0.1, 0.15) is 26.7 Å². The molecule has 0 atom stereocenters. The third-order valence-electron chi connectivity index (χ3n) is 3.11. The number of benzene rings is 1. The molecule has 1 rings (SSSR count). The summed E-state index contributed by atoms with van der Waals surface area (Å²) in [5.41, 5.74) is 0.484. The molecule has 0 aromatic heterocycles. The number of carbonyl (C=O) groups excluding carboxylic acids is 1. The summed E-state index contributed by atoms with van der Waals surface area (Å²) in [5.74, 6) is 0.00397. The lowest BCUT2D eigenvalue weighted by atomic mass is 10.2.